The van der Waals surface area contributed by atoms with Crippen molar-refractivity contribution in [2.75, 3.05) is 0 Å². The third-order valence-corrected chi connectivity index (χ3v) is 7.63. The minimum Gasteiger partial charge on any atom is -0.393 e. The second-order valence-corrected chi connectivity index (χ2v) is 10.2. The first kappa shape index (κ1) is 20.7. The number of aliphatic hydroxyl groups is 1. The molecule has 2 aliphatic carbocycles. The first-order valence-electron chi connectivity index (χ1n) is 10.6. The highest BCUT2D eigenvalue weighted by atomic mass is 16.3. The predicted molar refractivity (Wildman–Crippen MR) is 109 cm³/mol. The topological polar surface area (TPSA) is 20.2 Å². The van der Waals surface area contributed by atoms with Crippen molar-refractivity contribution in [2.45, 2.75) is 92.1 Å². The lowest BCUT2D eigenvalue weighted by atomic mass is 9.56. The molecule has 0 aromatic rings. The van der Waals surface area contributed by atoms with E-state index >= 15 is 0 Å². The van der Waals surface area contributed by atoms with Crippen molar-refractivity contribution in [3.05, 3.63) is 24.3 Å². The van der Waals surface area contributed by atoms with Gasteiger partial charge in [-0.1, -0.05) is 38.3 Å². The third-order valence-electron chi connectivity index (χ3n) is 7.63. The maximum absolute atomic E-state index is 10.4. The molecule has 0 aromatic heterocycles. The highest BCUT2D eigenvalue weighted by molar-refractivity contribution is 5.00. The molecule has 0 aromatic carbocycles. The average Bonchev–Trinajstić information content (AvgIpc) is 2.50. The fourth-order valence-corrected chi connectivity index (χ4v) is 5.75. The van der Waals surface area contributed by atoms with Crippen LogP contribution in [0.3, 0.4) is 0 Å². The minimum absolute atomic E-state index is 0.119. The SMILES string of the molecule is C=C(C)CC1CC(C(C)(C)C2CCC(O)C(CC(=C)C)C2)CCC1C. The zero-order chi connectivity index (χ0) is 18.8. The second-order valence-electron chi connectivity index (χ2n) is 10.2. The quantitative estimate of drug-likeness (QED) is 0.526. The van der Waals surface area contributed by atoms with Crippen LogP contribution in [0, 0.1) is 35.0 Å². The summed E-state index contributed by atoms with van der Waals surface area (Å²) in [6.45, 7) is 20.0. The van der Waals surface area contributed by atoms with Crippen LogP contribution in [0.25, 0.3) is 0 Å². The average molecular weight is 347 g/mol. The first-order chi connectivity index (χ1) is 11.6. The molecule has 2 fully saturated rings. The summed E-state index contributed by atoms with van der Waals surface area (Å²) in [5.74, 6) is 3.64. The summed E-state index contributed by atoms with van der Waals surface area (Å²) in [4.78, 5) is 0. The molecule has 0 aliphatic heterocycles. The van der Waals surface area contributed by atoms with Crippen molar-refractivity contribution in [1.29, 1.82) is 0 Å². The summed E-state index contributed by atoms with van der Waals surface area (Å²) >= 11 is 0. The number of allylic oxidation sites excluding steroid dienone is 2. The van der Waals surface area contributed by atoms with Crippen molar-refractivity contribution in [3.8, 4) is 0 Å². The van der Waals surface area contributed by atoms with Crippen LogP contribution in [0.15, 0.2) is 24.3 Å². The fourth-order valence-electron chi connectivity index (χ4n) is 5.75. The number of hydrogen-bond acceptors (Lipinski definition) is 1. The van der Waals surface area contributed by atoms with Crippen molar-refractivity contribution in [1.82, 2.24) is 0 Å². The van der Waals surface area contributed by atoms with Gasteiger partial charge in [0.25, 0.3) is 0 Å². The van der Waals surface area contributed by atoms with Gasteiger partial charge in [0.1, 0.15) is 0 Å². The Bertz CT molecular complexity index is 432. The summed E-state index contributed by atoms with van der Waals surface area (Å²) in [7, 11) is 0. The van der Waals surface area contributed by atoms with Crippen LogP contribution in [0.5, 0.6) is 0 Å². The Morgan fingerprint density at radius 2 is 1.36 bits per heavy atom. The van der Waals surface area contributed by atoms with Gasteiger partial charge in [-0.25, -0.2) is 0 Å². The van der Waals surface area contributed by atoms with E-state index in [2.05, 4.69) is 47.8 Å². The lowest BCUT2D eigenvalue weighted by Crippen LogP contribution is -2.42. The molecule has 0 saturated heterocycles. The number of hydrogen-bond donors (Lipinski definition) is 1. The van der Waals surface area contributed by atoms with E-state index in [1.54, 1.807) is 0 Å². The van der Waals surface area contributed by atoms with Gasteiger partial charge in [-0.2, -0.15) is 0 Å². The summed E-state index contributed by atoms with van der Waals surface area (Å²) in [5, 5.41) is 10.4. The van der Waals surface area contributed by atoms with Gasteiger partial charge < -0.3 is 5.11 Å². The Balaban J connectivity index is 2.06. The molecule has 1 N–H and O–H groups in total. The van der Waals surface area contributed by atoms with E-state index in [0.717, 1.165) is 36.5 Å². The summed E-state index contributed by atoms with van der Waals surface area (Å²) < 4.78 is 0. The van der Waals surface area contributed by atoms with Gasteiger partial charge >= 0.3 is 0 Å². The Kier molecular flexibility index (Phi) is 6.99. The Morgan fingerprint density at radius 3 is 1.92 bits per heavy atom. The van der Waals surface area contributed by atoms with Gasteiger partial charge in [-0.05, 0) is 93.8 Å². The maximum atomic E-state index is 10.4. The van der Waals surface area contributed by atoms with Crippen LogP contribution in [-0.4, -0.2) is 11.2 Å². The standard InChI is InChI=1S/C24H42O/c1-16(2)12-19-14-21(9-8-18(19)5)24(6,7)22-10-11-23(25)20(15-22)13-17(3)4/h18-23,25H,1,3,8-15H2,2,4-7H3. The van der Waals surface area contributed by atoms with Gasteiger partial charge in [-0.15, -0.1) is 13.2 Å². The molecule has 2 aliphatic rings. The maximum Gasteiger partial charge on any atom is 0.0571 e. The molecule has 0 radical (unpaired) electrons. The lowest BCUT2D eigenvalue weighted by Gasteiger charge is -2.49. The second kappa shape index (κ2) is 8.42. The van der Waals surface area contributed by atoms with Crippen LogP contribution in [-0.2, 0) is 0 Å². The van der Waals surface area contributed by atoms with Gasteiger partial charge in [0.2, 0.25) is 0 Å². The molecule has 2 rings (SSSR count). The van der Waals surface area contributed by atoms with Crippen LogP contribution in [0.2, 0.25) is 0 Å². The van der Waals surface area contributed by atoms with E-state index in [0.29, 0.717) is 11.3 Å². The zero-order valence-electron chi connectivity index (χ0n) is 17.5. The van der Waals surface area contributed by atoms with E-state index < -0.39 is 0 Å². The molecule has 144 valence electrons. The molecular formula is C24H42O. The molecule has 0 amide bonds. The van der Waals surface area contributed by atoms with Crippen LogP contribution < -0.4 is 0 Å². The molecule has 6 unspecified atom stereocenters. The van der Waals surface area contributed by atoms with E-state index in [1.807, 2.05) is 0 Å². The fraction of sp³-hybridized carbons (Fsp3) is 0.833. The molecule has 1 nitrogen and oxygen atoms in total. The predicted octanol–water partition coefficient (Wildman–Crippen LogP) is 6.77. The van der Waals surface area contributed by atoms with Crippen LogP contribution in [0.1, 0.15) is 86.0 Å². The van der Waals surface area contributed by atoms with Crippen molar-refractivity contribution < 1.29 is 5.11 Å². The molecule has 25 heavy (non-hydrogen) atoms. The number of aliphatic hydroxyl groups excluding tert-OH is 1. The molecule has 1 heteroatoms. The van der Waals surface area contributed by atoms with E-state index in [9.17, 15) is 5.11 Å². The Labute approximate surface area is 157 Å². The largest absolute Gasteiger partial charge is 0.393 e. The molecule has 0 heterocycles. The van der Waals surface area contributed by atoms with Gasteiger partial charge in [-0.3, -0.25) is 0 Å². The van der Waals surface area contributed by atoms with Gasteiger partial charge in [0, 0.05) is 0 Å². The van der Waals surface area contributed by atoms with E-state index in [1.165, 1.54) is 49.7 Å². The molecular weight excluding hydrogens is 304 g/mol. The Hall–Kier alpha value is -0.560. The highest BCUT2D eigenvalue weighted by Gasteiger charge is 2.44. The minimum atomic E-state index is -0.119. The van der Waals surface area contributed by atoms with Crippen LogP contribution >= 0.6 is 0 Å². The van der Waals surface area contributed by atoms with Crippen molar-refractivity contribution in [2.24, 2.45) is 35.0 Å². The van der Waals surface area contributed by atoms with Crippen molar-refractivity contribution >= 4 is 0 Å². The summed E-state index contributed by atoms with van der Waals surface area (Å²) in [6.07, 6.45) is 9.54. The smallest absolute Gasteiger partial charge is 0.0571 e. The normalized spacial score (nSPS) is 36.9. The van der Waals surface area contributed by atoms with Gasteiger partial charge in [0.05, 0.1) is 6.10 Å². The highest BCUT2D eigenvalue weighted by Crippen LogP contribution is 2.52. The summed E-state index contributed by atoms with van der Waals surface area (Å²) in [5.41, 5.74) is 2.94. The molecule has 2 saturated carbocycles. The van der Waals surface area contributed by atoms with E-state index in [-0.39, 0.29) is 6.10 Å². The lowest BCUT2D eigenvalue weighted by molar-refractivity contribution is -0.0233. The van der Waals surface area contributed by atoms with Crippen LogP contribution in [0.4, 0.5) is 0 Å². The first-order valence-corrected chi connectivity index (χ1v) is 10.6. The van der Waals surface area contributed by atoms with Gasteiger partial charge in [0.15, 0.2) is 0 Å². The molecule has 0 spiro atoms. The third kappa shape index (κ3) is 5.22. The molecule has 0 bridgehead atoms. The number of rotatable bonds is 6. The van der Waals surface area contributed by atoms with Crippen molar-refractivity contribution in [3.63, 3.8) is 0 Å². The monoisotopic (exact) mass is 346 g/mol. The molecule has 6 atom stereocenters. The summed E-state index contributed by atoms with van der Waals surface area (Å²) in [6, 6.07) is 0. The Morgan fingerprint density at radius 1 is 0.880 bits per heavy atom. The van der Waals surface area contributed by atoms with E-state index in [4.69, 9.17) is 0 Å². The zero-order valence-corrected chi connectivity index (χ0v) is 17.5.